The molecular formula is C13H13F2NO. The van der Waals surface area contributed by atoms with E-state index in [1.165, 1.54) is 12.1 Å². The third-order valence-corrected chi connectivity index (χ3v) is 2.47. The van der Waals surface area contributed by atoms with E-state index in [-0.39, 0.29) is 0 Å². The minimum Gasteiger partial charge on any atom is -0.468 e. The summed E-state index contributed by atoms with van der Waals surface area (Å²) in [5.41, 5.74) is 0.512. The Morgan fingerprint density at radius 2 is 2.06 bits per heavy atom. The van der Waals surface area contributed by atoms with Crippen molar-refractivity contribution < 1.29 is 13.2 Å². The zero-order valence-corrected chi connectivity index (χ0v) is 9.25. The molecule has 1 aromatic carbocycles. The van der Waals surface area contributed by atoms with Gasteiger partial charge in [-0.15, -0.1) is 0 Å². The molecule has 0 unspecified atom stereocenters. The summed E-state index contributed by atoms with van der Waals surface area (Å²) < 4.78 is 31.1. The molecule has 0 bridgehead atoms. The Bertz CT molecular complexity index is 468. The molecule has 1 aromatic heterocycles. The highest BCUT2D eigenvalue weighted by molar-refractivity contribution is 5.18. The molecule has 2 rings (SSSR count). The van der Waals surface area contributed by atoms with Gasteiger partial charge in [0.05, 0.1) is 12.8 Å². The first-order valence-corrected chi connectivity index (χ1v) is 5.43. The molecule has 0 aliphatic heterocycles. The molecule has 4 heteroatoms. The van der Waals surface area contributed by atoms with Crippen molar-refractivity contribution in [3.8, 4) is 0 Å². The lowest BCUT2D eigenvalue weighted by molar-refractivity contribution is 0.483. The molecule has 0 aliphatic rings. The molecule has 17 heavy (non-hydrogen) atoms. The van der Waals surface area contributed by atoms with E-state index in [9.17, 15) is 8.78 Å². The van der Waals surface area contributed by atoms with Gasteiger partial charge in [-0.3, -0.25) is 0 Å². The highest BCUT2D eigenvalue weighted by atomic mass is 19.1. The van der Waals surface area contributed by atoms with Crippen LogP contribution in [0.1, 0.15) is 11.3 Å². The van der Waals surface area contributed by atoms with Crippen molar-refractivity contribution in [2.24, 2.45) is 0 Å². The van der Waals surface area contributed by atoms with Crippen molar-refractivity contribution in [3.63, 3.8) is 0 Å². The molecule has 0 atom stereocenters. The maximum absolute atomic E-state index is 13.3. The van der Waals surface area contributed by atoms with Crippen LogP contribution in [0.4, 0.5) is 8.78 Å². The topological polar surface area (TPSA) is 25.2 Å². The quantitative estimate of drug-likeness (QED) is 0.809. The van der Waals surface area contributed by atoms with Crippen LogP contribution in [0.3, 0.4) is 0 Å². The van der Waals surface area contributed by atoms with Crippen molar-refractivity contribution in [1.29, 1.82) is 0 Å². The van der Waals surface area contributed by atoms with Gasteiger partial charge in [-0.1, -0.05) is 6.07 Å². The monoisotopic (exact) mass is 237 g/mol. The van der Waals surface area contributed by atoms with Gasteiger partial charge in [-0.25, -0.2) is 8.78 Å². The van der Waals surface area contributed by atoms with Gasteiger partial charge in [0.15, 0.2) is 0 Å². The van der Waals surface area contributed by atoms with Gasteiger partial charge in [-0.2, -0.15) is 0 Å². The summed E-state index contributed by atoms with van der Waals surface area (Å²) >= 11 is 0. The van der Waals surface area contributed by atoms with Crippen LogP contribution in [-0.2, 0) is 13.0 Å². The normalized spacial score (nSPS) is 10.7. The molecule has 0 aliphatic carbocycles. The lowest BCUT2D eigenvalue weighted by atomic mass is 10.1. The average molecular weight is 237 g/mol. The molecule has 0 radical (unpaired) electrons. The Labute approximate surface area is 98.3 Å². The van der Waals surface area contributed by atoms with E-state index in [0.717, 1.165) is 11.8 Å². The largest absolute Gasteiger partial charge is 0.468 e. The van der Waals surface area contributed by atoms with E-state index < -0.39 is 11.6 Å². The summed E-state index contributed by atoms with van der Waals surface area (Å²) in [5, 5.41) is 3.12. The number of hydrogen-bond acceptors (Lipinski definition) is 2. The van der Waals surface area contributed by atoms with E-state index in [1.54, 1.807) is 6.26 Å². The molecule has 1 heterocycles. The summed E-state index contributed by atoms with van der Waals surface area (Å²) in [6.07, 6.45) is 2.13. The first-order chi connectivity index (χ1) is 8.25. The van der Waals surface area contributed by atoms with Crippen molar-refractivity contribution in [2.75, 3.05) is 6.54 Å². The number of nitrogens with one attached hydrogen (secondary N) is 1. The van der Waals surface area contributed by atoms with Crippen LogP contribution >= 0.6 is 0 Å². The first-order valence-electron chi connectivity index (χ1n) is 5.43. The average Bonchev–Trinajstić information content (AvgIpc) is 2.79. The van der Waals surface area contributed by atoms with E-state index in [2.05, 4.69) is 5.32 Å². The molecule has 90 valence electrons. The lowest BCUT2D eigenvalue weighted by Crippen LogP contribution is -2.16. The molecule has 2 aromatic rings. The highest BCUT2D eigenvalue weighted by Crippen LogP contribution is 2.09. The van der Waals surface area contributed by atoms with Crippen molar-refractivity contribution in [1.82, 2.24) is 5.32 Å². The fourth-order valence-electron chi connectivity index (χ4n) is 1.57. The fraction of sp³-hybridized carbons (Fsp3) is 0.231. The van der Waals surface area contributed by atoms with Crippen LogP contribution in [0.25, 0.3) is 0 Å². The summed E-state index contributed by atoms with van der Waals surface area (Å²) in [4.78, 5) is 0. The number of hydrogen-bond donors (Lipinski definition) is 1. The third-order valence-electron chi connectivity index (χ3n) is 2.47. The van der Waals surface area contributed by atoms with Crippen LogP contribution in [0, 0.1) is 11.6 Å². The molecule has 1 N–H and O–H groups in total. The van der Waals surface area contributed by atoms with Gasteiger partial charge in [0.2, 0.25) is 0 Å². The minimum absolute atomic E-state index is 0.496. The predicted octanol–water partition coefficient (Wildman–Crippen LogP) is 2.89. The Kier molecular flexibility index (Phi) is 3.88. The minimum atomic E-state index is -0.546. The van der Waals surface area contributed by atoms with Crippen molar-refractivity contribution in [2.45, 2.75) is 13.0 Å². The number of furan rings is 1. The zero-order chi connectivity index (χ0) is 12.1. The summed E-state index contributed by atoms with van der Waals surface area (Å²) in [6, 6.07) is 7.33. The molecular weight excluding hydrogens is 224 g/mol. The van der Waals surface area contributed by atoms with Crippen LogP contribution in [0.5, 0.6) is 0 Å². The fourth-order valence-corrected chi connectivity index (χ4v) is 1.57. The second kappa shape index (κ2) is 5.59. The van der Waals surface area contributed by atoms with E-state index in [1.807, 2.05) is 12.1 Å². The van der Waals surface area contributed by atoms with E-state index in [4.69, 9.17) is 4.42 Å². The van der Waals surface area contributed by atoms with Gasteiger partial charge >= 0.3 is 0 Å². The second-order valence-corrected chi connectivity index (χ2v) is 3.74. The Morgan fingerprint density at radius 3 is 2.76 bits per heavy atom. The summed E-state index contributed by atoms with van der Waals surface area (Å²) in [7, 11) is 0. The molecule has 0 spiro atoms. The maximum Gasteiger partial charge on any atom is 0.129 e. The van der Waals surface area contributed by atoms with Crippen LogP contribution < -0.4 is 5.32 Å². The highest BCUT2D eigenvalue weighted by Gasteiger charge is 2.03. The molecule has 0 saturated heterocycles. The molecule has 0 fully saturated rings. The number of benzene rings is 1. The third kappa shape index (κ3) is 3.39. The first kappa shape index (κ1) is 11.8. The van der Waals surface area contributed by atoms with Crippen LogP contribution in [0.15, 0.2) is 41.0 Å². The van der Waals surface area contributed by atoms with Crippen LogP contribution in [-0.4, -0.2) is 6.54 Å². The predicted molar refractivity (Wildman–Crippen MR) is 60.5 cm³/mol. The van der Waals surface area contributed by atoms with Gasteiger partial charge < -0.3 is 9.73 Å². The van der Waals surface area contributed by atoms with Crippen molar-refractivity contribution in [3.05, 3.63) is 59.6 Å². The summed E-state index contributed by atoms with van der Waals surface area (Å²) in [6.45, 7) is 1.22. The van der Waals surface area contributed by atoms with Gasteiger partial charge in [0.25, 0.3) is 0 Å². The zero-order valence-electron chi connectivity index (χ0n) is 9.25. The molecule has 0 saturated carbocycles. The second-order valence-electron chi connectivity index (χ2n) is 3.74. The maximum atomic E-state index is 13.3. The Hall–Kier alpha value is -1.68. The summed E-state index contributed by atoms with van der Waals surface area (Å²) in [5.74, 6) is -0.204. The van der Waals surface area contributed by atoms with E-state index in [0.29, 0.717) is 25.1 Å². The van der Waals surface area contributed by atoms with Crippen LogP contribution in [0.2, 0.25) is 0 Å². The number of halogens is 2. The SMILES string of the molecule is Fc1ccc(CCNCc2ccco2)c(F)c1. The van der Waals surface area contributed by atoms with Gasteiger partial charge in [0, 0.05) is 6.07 Å². The van der Waals surface area contributed by atoms with Gasteiger partial charge in [-0.05, 0) is 36.7 Å². The van der Waals surface area contributed by atoms with E-state index >= 15 is 0 Å². The Morgan fingerprint density at radius 1 is 1.18 bits per heavy atom. The smallest absolute Gasteiger partial charge is 0.129 e. The Balaban J connectivity index is 1.78. The molecule has 0 amide bonds. The van der Waals surface area contributed by atoms with Gasteiger partial charge in [0.1, 0.15) is 17.4 Å². The standard InChI is InChI=1S/C13H13F2NO/c14-11-4-3-10(13(15)8-11)5-6-16-9-12-2-1-7-17-12/h1-4,7-8,16H,5-6,9H2. The lowest BCUT2D eigenvalue weighted by Gasteiger charge is -2.04. The van der Waals surface area contributed by atoms with Crippen molar-refractivity contribution >= 4 is 0 Å². The number of rotatable bonds is 5. The molecule has 2 nitrogen and oxygen atoms in total.